The number of benzene rings is 1. The molecule has 1 aromatic carbocycles. The van der Waals surface area contributed by atoms with Gasteiger partial charge in [0.2, 0.25) is 5.88 Å². The zero-order valence-corrected chi connectivity index (χ0v) is 16.7. The first-order valence-corrected chi connectivity index (χ1v) is 9.16. The molecule has 2 aromatic heterocycles. The highest BCUT2D eigenvalue weighted by atomic mass is 79.9. The predicted molar refractivity (Wildman–Crippen MR) is 101 cm³/mol. The lowest BCUT2D eigenvalue weighted by molar-refractivity contribution is 0.131. The predicted octanol–water partition coefficient (Wildman–Crippen LogP) is 3.69. The molecule has 136 valence electrons. The second-order valence-corrected chi connectivity index (χ2v) is 7.10. The van der Waals surface area contributed by atoms with Gasteiger partial charge in [0.25, 0.3) is 5.19 Å². The Balaban J connectivity index is 1.69. The number of oxime groups is 1. The van der Waals surface area contributed by atoms with Gasteiger partial charge >= 0.3 is 0 Å². The van der Waals surface area contributed by atoms with Gasteiger partial charge in [0.15, 0.2) is 11.6 Å². The molecule has 0 unspecified atom stereocenters. The summed E-state index contributed by atoms with van der Waals surface area (Å²) in [5.41, 5.74) is 1.52. The Morgan fingerprint density at radius 3 is 2.73 bits per heavy atom. The van der Waals surface area contributed by atoms with Crippen LogP contribution in [0.3, 0.4) is 0 Å². The van der Waals surface area contributed by atoms with E-state index in [4.69, 9.17) is 14.3 Å². The molecule has 0 bridgehead atoms. The summed E-state index contributed by atoms with van der Waals surface area (Å²) in [6, 6.07) is 7.55. The van der Waals surface area contributed by atoms with Crippen LogP contribution >= 0.6 is 27.3 Å². The third-order valence-corrected chi connectivity index (χ3v) is 4.70. The maximum absolute atomic E-state index is 5.95. The summed E-state index contributed by atoms with van der Waals surface area (Å²) in [6.45, 7) is 2.09. The number of aromatic nitrogens is 4. The van der Waals surface area contributed by atoms with Crippen molar-refractivity contribution in [3.8, 4) is 16.8 Å². The minimum absolute atomic E-state index is 0.208. The van der Waals surface area contributed by atoms with Gasteiger partial charge in [-0.05, 0) is 31.2 Å². The highest BCUT2D eigenvalue weighted by molar-refractivity contribution is 9.10. The van der Waals surface area contributed by atoms with Crippen molar-refractivity contribution in [1.82, 2.24) is 20.0 Å². The Morgan fingerprint density at radius 1 is 1.27 bits per heavy atom. The van der Waals surface area contributed by atoms with Crippen LogP contribution in [-0.4, -0.2) is 33.3 Å². The molecule has 2 heterocycles. The number of ether oxygens (including phenoxy) is 2. The van der Waals surface area contributed by atoms with E-state index in [-0.39, 0.29) is 6.61 Å². The van der Waals surface area contributed by atoms with Crippen LogP contribution < -0.4 is 9.47 Å². The molecule has 0 saturated carbocycles. The van der Waals surface area contributed by atoms with Crippen molar-refractivity contribution in [3.05, 3.63) is 45.0 Å². The summed E-state index contributed by atoms with van der Waals surface area (Å²) >= 11 is 4.71. The number of aryl methyl sites for hydroxylation is 2. The first-order chi connectivity index (χ1) is 12.6. The highest BCUT2D eigenvalue weighted by Crippen LogP contribution is 2.27. The van der Waals surface area contributed by atoms with E-state index in [1.165, 1.54) is 11.3 Å². The number of halogens is 1. The number of nitrogens with zero attached hydrogens (tertiary/aromatic N) is 5. The fourth-order valence-electron chi connectivity index (χ4n) is 2.10. The lowest BCUT2D eigenvalue weighted by Gasteiger charge is -2.07. The summed E-state index contributed by atoms with van der Waals surface area (Å²) in [5, 5.41) is 17.3. The molecule has 0 saturated heterocycles. The SMILES string of the molecule is COc1nnc(CO/N=C/c2c(C)nn(C)c2Oc2ccc(Br)cc2)s1. The minimum atomic E-state index is 0.208. The molecule has 0 fully saturated rings. The molecular weight excluding hydrogens is 422 g/mol. The van der Waals surface area contributed by atoms with Gasteiger partial charge < -0.3 is 14.3 Å². The molecule has 10 heteroatoms. The van der Waals surface area contributed by atoms with Crippen molar-refractivity contribution in [3.63, 3.8) is 0 Å². The molecule has 3 aromatic rings. The summed E-state index contributed by atoms with van der Waals surface area (Å²) in [5.74, 6) is 1.28. The fraction of sp³-hybridized carbons (Fsp3) is 0.250. The lowest BCUT2D eigenvalue weighted by Crippen LogP contribution is -1.97. The monoisotopic (exact) mass is 437 g/mol. The van der Waals surface area contributed by atoms with Crippen LogP contribution in [0.25, 0.3) is 0 Å². The smallest absolute Gasteiger partial charge is 0.293 e. The van der Waals surface area contributed by atoms with Gasteiger partial charge in [-0.15, -0.1) is 5.10 Å². The zero-order valence-electron chi connectivity index (χ0n) is 14.3. The van der Waals surface area contributed by atoms with Crippen molar-refractivity contribution in [1.29, 1.82) is 0 Å². The van der Waals surface area contributed by atoms with E-state index in [2.05, 4.69) is 36.4 Å². The Kier molecular flexibility index (Phi) is 5.84. The molecule has 26 heavy (non-hydrogen) atoms. The van der Waals surface area contributed by atoms with Crippen molar-refractivity contribution < 1.29 is 14.3 Å². The van der Waals surface area contributed by atoms with Gasteiger partial charge in [0.1, 0.15) is 5.75 Å². The van der Waals surface area contributed by atoms with Crippen LogP contribution in [0.1, 0.15) is 16.3 Å². The zero-order chi connectivity index (χ0) is 18.5. The van der Waals surface area contributed by atoms with Gasteiger partial charge in [-0.25, -0.2) is 4.68 Å². The molecule has 0 amide bonds. The van der Waals surface area contributed by atoms with Crippen LogP contribution in [0.15, 0.2) is 33.9 Å². The average Bonchev–Trinajstić information content (AvgIpc) is 3.19. The Labute approximate surface area is 162 Å². The first kappa shape index (κ1) is 18.3. The number of hydrogen-bond donors (Lipinski definition) is 0. The van der Waals surface area contributed by atoms with Crippen LogP contribution in [0, 0.1) is 6.92 Å². The molecule has 0 spiro atoms. The molecule has 0 aliphatic carbocycles. The van der Waals surface area contributed by atoms with Gasteiger partial charge in [-0.2, -0.15) is 5.10 Å². The normalized spacial score (nSPS) is 11.1. The Morgan fingerprint density at radius 2 is 2.04 bits per heavy atom. The molecule has 0 aliphatic heterocycles. The maximum atomic E-state index is 5.95. The Bertz CT molecular complexity index is 907. The first-order valence-electron chi connectivity index (χ1n) is 7.55. The van der Waals surface area contributed by atoms with Gasteiger partial charge in [-0.1, -0.05) is 37.5 Å². The van der Waals surface area contributed by atoms with Gasteiger partial charge in [0, 0.05) is 11.5 Å². The van der Waals surface area contributed by atoms with Gasteiger partial charge in [0.05, 0.1) is 24.6 Å². The third kappa shape index (κ3) is 4.38. The van der Waals surface area contributed by atoms with Gasteiger partial charge in [-0.3, -0.25) is 0 Å². The molecule has 0 N–H and O–H groups in total. The Hall–Kier alpha value is -2.46. The summed E-state index contributed by atoms with van der Waals surface area (Å²) < 4.78 is 13.6. The standard InChI is InChI=1S/C16H16BrN5O3S/c1-10-13(8-18-24-9-14-19-20-16(23-3)26-14)15(22(2)21-10)25-12-6-4-11(17)5-7-12/h4-8H,9H2,1-3H3/b18-8+. The second-order valence-electron chi connectivity index (χ2n) is 5.16. The summed E-state index contributed by atoms with van der Waals surface area (Å²) in [4.78, 5) is 5.29. The third-order valence-electron chi connectivity index (χ3n) is 3.31. The highest BCUT2D eigenvalue weighted by Gasteiger charge is 2.14. The van der Waals surface area contributed by atoms with E-state index in [0.29, 0.717) is 21.8 Å². The van der Waals surface area contributed by atoms with Crippen molar-refractivity contribution in [2.24, 2.45) is 12.2 Å². The summed E-state index contributed by atoms with van der Waals surface area (Å²) in [7, 11) is 3.36. The van der Waals surface area contributed by atoms with E-state index in [1.807, 2.05) is 38.2 Å². The molecule has 3 rings (SSSR count). The van der Waals surface area contributed by atoms with E-state index >= 15 is 0 Å². The quantitative estimate of drug-likeness (QED) is 0.413. The van der Waals surface area contributed by atoms with Crippen molar-refractivity contribution in [2.45, 2.75) is 13.5 Å². The second kappa shape index (κ2) is 8.28. The van der Waals surface area contributed by atoms with Crippen LogP contribution in [-0.2, 0) is 18.5 Å². The van der Waals surface area contributed by atoms with Crippen LogP contribution in [0.4, 0.5) is 0 Å². The van der Waals surface area contributed by atoms with Crippen molar-refractivity contribution in [2.75, 3.05) is 7.11 Å². The van der Waals surface area contributed by atoms with E-state index in [9.17, 15) is 0 Å². The molecule has 0 atom stereocenters. The molecule has 0 radical (unpaired) electrons. The number of hydrogen-bond acceptors (Lipinski definition) is 8. The minimum Gasteiger partial charge on any atom is -0.472 e. The van der Waals surface area contributed by atoms with Crippen LogP contribution in [0.5, 0.6) is 16.8 Å². The topological polar surface area (TPSA) is 83.7 Å². The largest absolute Gasteiger partial charge is 0.472 e. The lowest BCUT2D eigenvalue weighted by atomic mass is 10.3. The fourth-order valence-corrected chi connectivity index (χ4v) is 2.92. The van der Waals surface area contributed by atoms with E-state index < -0.39 is 0 Å². The van der Waals surface area contributed by atoms with E-state index in [0.717, 1.165) is 15.7 Å². The molecule has 8 nitrogen and oxygen atoms in total. The van der Waals surface area contributed by atoms with Crippen molar-refractivity contribution >= 4 is 33.5 Å². The summed E-state index contributed by atoms with van der Waals surface area (Å²) in [6.07, 6.45) is 1.58. The molecular formula is C16H16BrN5O3S. The number of rotatable bonds is 7. The molecule has 0 aliphatic rings. The van der Waals surface area contributed by atoms with Crippen LogP contribution in [0.2, 0.25) is 0 Å². The number of methoxy groups -OCH3 is 1. The van der Waals surface area contributed by atoms with E-state index in [1.54, 1.807) is 18.0 Å². The maximum Gasteiger partial charge on any atom is 0.293 e. The average molecular weight is 438 g/mol.